The largest absolute Gasteiger partial charge is 0.493 e. The van der Waals surface area contributed by atoms with Crippen molar-refractivity contribution in [1.82, 2.24) is 10.2 Å². The molecule has 0 aliphatic rings. The van der Waals surface area contributed by atoms with E-state index in [1.54, 1.807) is 12.1 Å². The van der Waals surface area contributed by atoms with Crippen molar-refractivity contribution >= 4 is 11.8 Å². The summed E-state index contributed by atoms with van der Waals surface area (Å²) in [6.07, 6.45) is 0. The van der Waals surface area contributed by atoms with Crippen LogP contribution in [-0.2, 0) is 0 Å². The van der Waals surface area contributed by atoms with E-state index < -0.39 is 0 Å². The van der Waals surface area contributed by atoms with Crippen molar-refractivity contribution in [3.63, 3.8) is 0 Å². The van der Waals surface area contributed by atoms with Crippen molar-refractivity contribution in [2.75, 3.05) is 12.4 Å². The second-order valence-corrected chi connectivity index (χ2v) is 6.37. The summed E-state index contributed by atoms with van der Waals surface area (Å²) in [5.74, 6) is 1.53. The van der Waals surface area contributed by atoms with Gasteiger partial charge in [-0.25, -0.2) is 4.39 Å². The quantitative estimate of drug-likeness (QED) is 0.481. The van der Waals surface area contributed by atoms with Gasteiger partial charge in [-0.15, -0.1) is 10.2 Å². The smallest absolute Gasteiger partial charge is 0.276 e. The zero-order valence-electron chi connectivity index (χ0n) is 13.5. The fourth-order valence-electron chi connectivity index (χ4n) is 2.08. The Morgan fingerprint density at radius 3 is 2.58 bits per heavy atom. The third-order valence-electron chi connectivity index (χ3n) is 3.55. The van der Waals surface area contributed by atoms with Gasteiger partial charge in [-0.3, -0.25) is 0 Å². The van der Waals surface area contributed by atoms with Crippen molar-refractivity contribution in [2.24, 2.45) is 0 Å². The third-order valence-corrected chi connectivity index (χ3v) is 4.33. The molecule has 124 valence electrons. The molecule has 0 radical (unpaired) electrons. The average molecular weight is 344 g/mol. The van der Waals surface area contributed by atoms with E-state index in [9.17, 15) is 4.39 Å². The minimum absolute atomic E-state index is 0.276. The lowest BCUT2D eigenvalue weighted by Crippen LogP contribution is -1.99. The third kappa shape index (κ3) is 4.14. The highest BCUT2D eigenvalue weighted by Gasteiger charge is 2.09. The number of benzene rings is 2. The standard InChI is InChI=1S/C18H17FN2O2S/c1-12-3-4-14(11-13(12)2)17-20-21-18(23-17)24-10-9-22-16-7-5-15(19)6-8-16/h3-8,11H,9-10H2,1-2H3. The molecule has 1 aromatic heterocycles. The maximum Gasteiger partial charge on any atom is 0.276 e. The van der Waals surface area contributed by atoms with Crippen LogP contribution in [0.25, 0.3) is 11.5 Å². The van der Waals surface area contributed by atoms with Crippen LogP contribution in [-0.4, -0.2) is 22.6 Å². The van der Waals surface area contributed by atoms with Crippen LogP contribution in [0, 0.1) is 19.7 Å². The maximum absolute atomic E-state index is 12.8. The van der Waals surface area contributed by atoms with Crippen LogP contribution in [0.15, 0.2) is 52.1 Å². The topological polar surface area (TPSA) is 48.2 Å². The molecule has 4 nitrogen and oxygen atoms in total. The number of ether oxygens (including phenoxy) is 1. The fraction of sp³-hybridized carbons (Fsp3) is 0.222. The Morgan fingerprint density at radius 1 is 1.04 bits per heavy atom. The number of hydrogen-bond donors (Lipinski definition) is 0. The van der Waals surface area contributed by atoms with E-state index in [2.05, 4.69) is 24.0 Å². The molecule has 1 heterocycles. The summed E-state index contributed by atoms with van der Waals surface area (Å²) in [4.78, 5) is 0. The highest BCUT2D eigenvalue weighted by molar-refractivity contribution is 7.99. The molecule has 2 aromatic carbocycles. The molecule has 0 N–H and O–H groups in total. The fourth-order valence-corrected chi connectivity index (χ4v) is 2.66. The molecule has 0 spiro atoms. The van der Waals surface area contributed by atoms with Crippen molar-refractivity contribution in [1.29, 1.82) is 0 Å². The first-order valence-electron chi connectivity index (χ1n) is 7.54. The van der Waals surface area contributed by atoms with Gasteiger partial charge in [0.05, 0.1) is 6.61 Å². The highest BCUT2D eigenvalue weighted by atomic mass is 32.2. The summed E-state index contributed by atoms with van der Waals surface area (Å²) in [5, 5.41) is 8.63. The summed E-state index contributed by atoms with van der Waals surface area (Å²) < 4.78 is 24.0. The summed E-state index contributed by atoms with van der Waals surface area (Å²) in [7, 11) is 0. The maximum atomic E-state index is 12.8. The predicted molar refractivity (Wildman–Crippen MR) is 91.8 cm³/mol. The van der Waals surface area contributed by atoms with E-state index in [0.29, 0.717) is 29.2 Å². The Hall–Kier alpha value is -2.34. The van der Waals surface area contributed by atoms with Gasteiger partial charge < -0.3 is 9.15 Å². The zero-order chi connectivity index (χ0) is 16.9. The van der Waals surface area contributed by atoms with Crippen LogP contribution in [0.1, 0.15) is 11.1 Å². The lowest BCUT2D eigenvalue weighted by Gasteiger charge is -2.04. The molecule has 0 bridgehead atoms. The van der Waals surface area contributed by atoms with Gasteiger partial charge in [-0.05, 0) is 61.4 Å². The Balaban J connectivity index is 1.52. The lowest BCUT2D eigenvalue weighted by molar-refractivity contribution is 0.342. The molecular formula is C18H17FN2O2S. The van der Waals surface area contributed by atoms with E-state index >= 15 is 0 Å². The molecule has 6 heteroatoms. The number of halogens is 1. The second kappa shape index (κ2) is 7.49. The first kappa shape index (κ1) is 16.5. The molecular weight excluding hydrogens is 327 g/mol. The van der Waals surface area contributed by atoms with E-state index in [-0.39, 0.29) is 5.82 Å². The summed E-state index contributed by atoms with van der Waals surface area (Å²) in [6, 6.07) is 12.0. The lowest BCUT2D eigenvalue weighted by atomic mass is 10.1. The molecule has 3 rings (SSSR count). The predicted octanol–water partition coefficient (Wildman–Crippen LogP) is 4.66. The number of thioether (sulfide) groups is 1. The minimum Gasteiger partial charge on any atom is -0.493 e. The van der Waals surface area contributed by atoms with Gasteiger partial charge in [-0.1, -0.05) is 17.8 Å². The molecule has 0 unspecified atom stereocenters. The SMILES string of the molecule is Cc1ccc(-c2nnc(SCCOc3ccc(F)cc3)o2)cc1C. The van der Waals surface area contributed by atoms with Crippen molar-refractivity contribution < 1.29 is 13.5 Å². The van der Waals surface area contributed by atoms with Crippen molar-refractivity contribution in [3.05, 3.63) is 59.4 Å². The molecule has 24 heavy (non-hydrogen) atoms. The number of nitrogens with zero attached hydrogens (tertiary/aromatic N) is 2. The van der Waals surface area contributed by atoms with Gasteiger partial charge in [-0.2, -0.15) is 0 Å². The van der Waals surface area contributed by atoms with E-state index in [0.717, 1.165) is 5.56 Å². The first-order valence-corrected chi connectivity index (χ1v) is 8.53. The Bertz CT molecular complexity index is 818. The van der Waals surface area contributed by atoms with Crippen molar-refractivity contribution in [2.45, 2.75) is 19.1 Å². The van der Waals surface area contributed by atoms with Crippen LogP contribution in [0.4, 0.5) is 4.39 Å². The van der Waals surface area contributed by atoms with E-state index in [4.69, 9.17) is 9.15 Å². The van der Waals surface area contributed by atoms with E-state index in [1.807, 2.05) is 18.2 Å². The first-order chi connectivity index (χ1) is 11.6. The Labute approximate surface area is 144 Å². The van der Waals surface area contributed by atoms with Gasteiger partial charge in [0.1, 0.15) is 11.6 Å². The van der Waals surface area contributed by atoms with Crippen LogP contribution in [0.5, 0.6) is 5.75 Å². The van der Waals surface area contributed by atoms with Crippen LogP contribution < -0.4 is 4.74 Å². The number of hydrogen-bond acceptors (Lipinski definition) is 5. The summed E-state index contributed by atoms with van der Waals surface area (Å²) in [5.41, 5.74) is 3.33. The van der Waals surface area contributed by atoms with Gasteiger partial charge in [0.15, 0.2) is 0 Å². The molecule has 0 saturated carbocycles. The minimum atomic E-state index is -0.276. The van der Waals surface area contributed by atoms with Crippen LogP contribution in [0.2, 0.25) is 0 Å². The average Bonchev–Trinajstić information content (AvgIpc) is 3.05. The molecule has 0 aliphatic carbocycles. The summed E-state index contributed by atoms with van der Waals surface area (Å²) in [6.45, 7) is 4.59. The van der Waals surface area contributed by atoms with Crippen LogP contribution in [0.3, 0.4) is 0 Å². The molecule has 0 fully saturated rings. The number of aryl methyl sites for hydroxylation is 2. The highest BCUT2D eigenvalue weighted by Crippen LogP contribution is 2.24. The second-order valence-electron chi connectivity index (χ2n) is 5.32. The Morgan fingerprint density at radius 2 is 1.83 bits per heavy atom. The summed E-state index contributed by atoms with van der Waals surface area (Å²) >= 11 is 1.43. The molecule has 0 amide bonds. The van der Waals surface area contributed by atoms with Gasteiger partial charge in [0, 0.05) is 11.3 Å². The normalized spacial score (nSPS) is 10.8. The van der Waals surface area contributed by atoms with Crippen molar-refractivity contribution in [3.8, 4) is 17.2 Å². The zero-order valence-corrected chi connectivity index (χ0v) is 14.3. The van der Waals surface area contributed by atoms with Gasteiger partial charge >= 0.3 is 0 Å². The molecule has 0 saturated heterocycles. The van der Waals surface area contributed by atoms with Gasteiger partial charge in [0.2, 0.25) is 5.89 Å². The molecule has 3 aromatic rings. The molecule has 0 atom stereocenters. The van der Waals surface area contributed by atoms with Gasteiger partial charge in [0.25, 0.3) is 5.22 Å². The number of rotatable bonds is 6. The van der Waals surface area contributed by atoms with Crippen LogP contribution >= 0.6 is 11.8 Å². The monoisotopic (exact) mass is 344 g/mol. The van der Waals surface area contributed by atoms with E-state index in [1.165, 1.54) is 35.0 Å². The molecule has 0 aliphatic heterocycles. The Kier molecular flexibility index (Phi) is 5.15. The number of aromatic nitrogens is 2.